The Morgan fingerprint density at radius 1 is 1.15 bits per heavy atom. The molecule has 2 heteroatoms. The third-order valence-electron chi connectivity index (χ3n) is 3.15. The van der Waals surface area contributed by atoms with Gasteiger partial charge < -0.3 is 4.74 Å². The van der Waals surface area contributed by atoms with Gasteiger partial charge in [-0.05, 0) is 60.4 Å². The second-order valence-corrected chi connectivity index (χ2v) is 4.72. The second-order valence-electron chi connectivity index (χ2n) is 4.72. The van der Waals surface area contributed by atoms with Crippen molar-refractivity contribution in [1.82, 2.24) is 0 Å². The van der Waals surface area contributed by atoms with Crippen LogP contribution in [0.3, 0.4) is 0 Å². The first-order valence-electron chi connectivity index (χ1n) is 7.00. The first-order chi connectivity index (χ1) is 9.81. The van der Waals surface area contributed by atoms with Crippen molar-refractivity contribution in [1.29, 1.82) is 0 Å². The van der Waals surface area contributed by atoms with E-state index in [1.54, 1.807) is 7.11 Å². The van der Waals surface area contributed by atoms with Crippen molar-refractivity contribution >= 4 is 11.9 Å². The van der Waals surface area contributed by atoms with E-state index in [0.29, 0.717) is 0 Å². The van der Waals surface area contributed by atoms with Crippen molar-refractivity contribution in [2.24, 2.45) is 4.99 Å². The molecule has 0 bridgehead atoms. The van der Waals surface area contributed by atoms with Crippen molar-refractivity contribution in [3.8, 4) is 5.75 Å². The SMILES string of the molecule is CCCCc1c[c]c(N=Cc2ccc(OC)cc2)cc1. The second kappa shape index (κ2) is 7.49. The lowest BCUT2D eigenvalue weighted by molar-refractivity contribution is 0.415. The molecule has 0 fully saturated rings. The Balaban J connectivity index is 1.99. The van der Waals surface area contributed by atoms with E-state index in [2.05, 4.69) is 24.0 Å². The van der Waals surface area contributed by atoms with E-state index in [0.717, 1.165) is 23.4 Å². The molecule has 0 N–H and O–H groups in total. The van der Waals surface area contributed by atoms with Crippen LogP contribution in [0.2, 0.25) is 0 Å². The molecule has 2 aromatic rings. The quantitative estimate of drug-likeness (QED) is 0.701. The molecule has 1 radical (unpaired) electrons. The van der Waals surface area contributed by atoms with Gasteiger partial charge in [-0.15, -0.1) is 0 Å². The Morgan fingerprint density at radius 3 is 2.55 bits per heavy atom. The number of benzene rings is 2. The Hall–Kier alpha value is -2.09. The molecule has 0 saturated carbocycles. The predicted molar refractivity (Wildman–Crippen MR) is 84.1 cm³/mol. The number of aliphatic imine (C=N–C) groups is 1. The van der Waals surface area contributed by atoms with Crippen molar-refractivity contribution in [3.63, 3.8) is 0 Å². The fourth-order valence-corrected chi connectivity index (χ4v) is 1.90. The van der Waals surface area contributed by atoms with Crippen molar-refractivity contribution in [2.75, 3.05) is 7.11 Å². The summed E-state index contributed by atoms with van der Waals surface area (Å²) in [4.78, 5) is 4.43. The molecular formula is C18H20NO. The molecule has 103 valence electrons. The van der Waals surface area contributed by atoms with Gasteiger partial charge in [-0.2, -0.15) is 0 Å². The maximum Gasteiger partial charge on any atom is 0.118 e. The summed E-state index contributed by atoms with van der Waals surface area (Å²) in [6, 6.07) is 17.2. The smallest absolute Gasteiger partial charge is 0.118 e. The fourth-order valence-electron chi connectivity index (χ4n) is 1.90. The van der Waals surface area contributed by atoms with Crippen LogP contribution in [0.4, 0.5) is 5.69 Å². The maximum absolute atomic E-state index is 5.13. The summed E-state index contributed by atoms with van der Waals surface area (Å²) >= 11 is 0. The molecule has 0 aliphatic heterocycles. The van der Waals surface area contributed by atoms with Gasteiger partial charge >= 0.3 is 0 Å². The maximum atomic E-state index is 5.13. The number of unbranched alkanes of at least 4 members (excludes halogenated alkanes) is 1. The first-order valence-corrected chi connectivity index (χ1v) is 7.00. The van der Waals surface area contributed by atoms with Gasteiger partial charge in [0.05, 0.1) is 12.8 Å². The Bertz CT molecular complexity index is 541. The van der Waals surface area contributed by atoms with Gasteiger partial charge in [0.15, 0.2) is 0 Å². The molecule has 0 atom stereocenters. The number of ether oxygens (including phenoxy) is 1. The van der Waals surface area contributed by atoms with E-state index in [9.17, 15) is 0 Å². The summed E-state index contributed by atoms with van der Waals surface area (Å²) in [5.41, 5.74) is 3.24. The minimum Gasteiger partial charge on any atom is -0.497 e. The standard InChI is InChI=1S/C18H20NO/c1-3-4-5-15-6-10-17(11-7-15)19-14-16-8-12-18(20-2)13-9-16/h6-10,12-14H,3-5H2,1-2H3. The Kier molecular flexibility index (Phi) is 5.36. The van der Waals surface area contributed by atoms with E-state index in [-0.39, 0.29) is 0 Å². The van der Waals surface area contributed by atoms with Crippen LogP contribution in [0.5, 0.6) is 5.75 Å². The van der Waals surface area contributed by atoms with Gasteiger partial charge in [-0.25, -0.2) is 0 Å². The van der Waals surface area contributed by atoms with Crippen LogP contribution >= 0.6 is 0 Å². The highest BCUT2D eigenvalue weighted by atomic mass is 16.5. The highest BCUT2D eigenvalue weighted by Crippen LogP contribution is 2.15. The van der Waals surface area contributed by atoms with Crippen molar-refractivity contribution in [2.45, 2.75) is 26.2 Å². The molecule has 0 spiro atoms. The van der Waals surface area contributed by atoms with Gasteiger partial charge in [0, 0.05) is 12.3 Å². The summed E-state index contributed by atoms with van der Waals surface area (Å²) in [5, 5.41) is 0. The van der Waals surface area contributed by atoms with E-state index >= 15 is 0 Å². The number of aryl methyl sites for hydroxylation is 1. The normalized spacial score (nSPS) is 10.9. The van der Waals surface area contributed by atoms with E-state index < -0.39 is 0 Å². The third-order valence-corrected chi connectivity index (χ3v) is 3.15. The van der Waals surface area contributed by atoms with Gasteiger partial charge in [0.2, 0.25) is 0 Å². The molecule has 0 unspecified atom stereocenters. The van der Waals surface area contributed by atoms with E-state index in [4.69, 9.17) is 4.74 Å². The van der Waals surface area contributed by atoms with Gasteiger partial charge in [-0.1, -0.05) is 19.4 Å². The lowest BCUT2D eigenvalue weighted by Gasteiger charge is -2.00. The molecule has 0 saturated heterocycles. The molecule has 0 amide bonds. The summed E-state index contributed by atoms with van der Waals surface area (Å²) in [6.07, 6.45) is 5.41. The molecule has 2 nitrogen and oxygen atoms in total. The average molecular weight is 266 g/mol. The third kappa shape index (κ3) is 4.23. The molecule has 2 aromatic carbocycles. The zero-order valence-electron chi connectivity index (χ0n) is 12.1. The summed E-state index contributed by atoms with van der Waals surface area (Å²) in [5.74, 6) is 0.856. The molecule has 0 aliphatic carbocycles. The van der Waals surface area contributed by atoms with E-state index in [1.165, 1.54) is 18.4 Å². The van der Waals surface area contributed by atoms with Gasteiger partial charge in [0.25, 0.3) is 0 Å². The topological polar surface area (TPSA) is 21.6 Å². The number of hydrogen-bond donors (Lipinski definition) is 0. The highest BCUT2D eigenvalue weighted by Gasteiger charge is 1.94. The van der Waals surface area contributed by atoms with Crippen molar-refractivity contribution in [3.05, 3.63) is 59.7 Å². The fraction of sp³-hybridized carbons (Fsp3) is 0.278. The molecule has 0 aromatic heterocycles. The molecule has 0 heterocycles. The zero-order chi connectivity index (χ0) is 14.2. The number of methoxy groups -OCH3 is 1. The monoisotopic (exact) mass is 266 g/mol. The number of hydrogen-bond acceptors (Lipinski definition) is 2. The largest absolute Gasteiger partial charge is 0.497 e. The lowest BCUT2D eigenvalue weighted by atomic mass is 10.1. The number of nitrogens with zero attached hydrogens (tertiary/aromatic N) is 1. The Morgan fingerprint density at radius 2 is 1.95 bits per heavy atom. The van der Waals surface area contributed by atoms with Gasteiger partial charge in [-0.3, -0.25) is 4.99 Å². The lowest BCUT2D eigenvalue weighted by Crippen LogP contribution is -1.85. The zero-order valence-corrected chi connectivity index (χ0v) is 12.1. The number of rotatable bonds is 6. The predicted octanol–water partition coefficient (Wildman–Crippen LogP) is 4.59. The van der Waals surface area contributed by atoms with Gasteiger partial charge in [0.1, 0.15) is 5.75 Å². The van der Waals surface area contributed by atoms with Crippen LogP contribution in [0.1, 0.15) is 30.9 Å². The van der Waals surface area contributed by atoms with Crippen LogP contribution in [0, 0.1) is 6.07 Å². The summed E-state index contributed by atoms with van der Waals surface area (Å²) in [7, 11) is 1.66. The molecule has 0 aliphatic rings. The minimum absolute atomic E-state index is 0.856. The van der Waals surface area contributed by atoms with Crippen LogP contribution < -0.4 is 4.74 Å². The average Bonchev–Trinajstić information content (AvgIpc) is 2.52. The Labute approximate surface area is 121 Å². The van der Waals surface area contributed by atoms with Crippen LogP contribution in [-0.2, 0) is 6.42 Å². The van der Waals surface area contributed by atoms with Crippen LogP contribution in [-0.4, -0.2) is 13.3 Å². The highest BCUT2D eigenvalue weighted by molar-refractivity contribution is 5.82. The van der Waals surface area contributed by atoms with Crippen LogP contribution in [0.15, 0.2) is 47.5 Å². The van der Waals surface area contributed by atoms with E-state index in [1.807, 2.05) is 42.6 Å². The first kappa shape index (κ1) is 14.3. The summed E-state index contributed by atoms with van der Waals surface area (Å²) in [6.45, 7) is 2.21. The molecular weight excluding hydrogens is 246 g/mol. The van der Waals surface area contributed by atoms with Crippen LogP contribution in [0.25, 0.3) is 0 Å². The summed E-state index contributed by atoms with van der Waals surface area (Å²) < 4.78 is 5.13. The molecule has 2 rings (SSSR count). The van der Waals surface area contributed by atoms with Crippen molar-refractivity contribution < 1.29 is 4.74 Å². The minimum atomic E-state index is 0.856. The molecule has 20 heavy (non-hydrogen) atoms.